The van der Waals surface area contributed by atoms with Crippen LogP contribution in [-0.4, -0.2) is 30.9 Å². The SMILES string of the molecule is C#COc1cc2c(cc1NC(=O)c1ccccc1)Oc1c(NCC)c3c(c(NC(C)=O)c1=N2)Oc1cc(NC(=O)c2ccccc2)c(OCC)cc1N=3. The summed E-state index contributed by atoms with van der Waals surface area (Å²) in [5.41, 5.74) is 2.83. The van der Waals surface area contributed by atoms with Crippen molar-refractivity contribution in [3.8, 4) is 47.0 Å². The molecule has 7 rings (SSSR count). The van der Waals surface area contributed by atoms with Crippen LogP contribution in [0.25, 0.3) is 0 Å². The molecule has 0 saturated carbocycles. The third-order valence-electron chi connectivity index (χ3n) is 8.06. The van der Waals surface area contributed by atoms with E-state index in [1.165, 1.54) is 13.0 Å². The van der Waals surface area contributed by atoms with Gasteiger partial charge in [0.05, 0.1) is 18.0 Å². The van der Waals surface area contributed by atoms with E-state index in [2.05, 4.69) is 27.4 Å². The van der Waals surface area contributed by atoms with E-state index in [1.807, 2.05) is 26.0 Å². The van der Waals surface area contributed by atoms with Crippen LogP contribution in [0.5, 0.6) is 34.5 Å². The molecule has 264 valence electrons. The van der Waals surface area contributed by atoms with Gasteiger partial charge in [-0.05, 0) is 38.1 Å². The molecule has 0 aliphatic carbocycles. The second kappa shape index (κ2) is 14.5. The summed E-state index contributed by atoms with van der Waals surface area (Å²) >= 11 is 0. The first-order valence-electron chi connectivity index (χ1n) is 16.7. The number of ether oxygens (including phenoxy) is 4. The van der Waals surface area contributed by atoms with Crippen molar-refractivity contribution >= 4 is 51.8 Å². The molecule has 0 bridgehead atoms. The van der Waals surface area contributed by atoms with Crippen LogP contribution in [0, 0.1) is 12.5 Å². The first-order chi connectivity index (χ1) is 25.8. The summed E-state index contributed by atoms with van der Waals surface area (Å²) in [4.78, 5) is 48.8. The van der Waals surface area contributed by atoms with Gasteiger partial charge in [0.15, 0.2) is 28.7 Å². The predicted octanol–water partition coefficient (Wildman–Crippen LogP) is 7.06. The molecule has 3 amide bonds. The highest BCUT2D eigenvalue weighted by atomic mass is 16.5. The zero-order chi connectivity index (χ0) is 37.1. The Balaban J connectivity index is 1.38. The number of amides is 3. The molecule has 4 N–H and O–H groups in total. The van der Waals surface area contributed by atoms with Crippen molar-refractivity contribution in [2.45, 2.75) is 20.8 Å². The summed E-state index contributed by atoms with van der Waals surface area (Å²) < 4.78 is 24.4. The Labute approximate surface area is 303 Å². The average Bonchev–Trinajstić information content (AvgIpc) is 3.16. The van der Waals surface area contributed by atoms with Gasteiger partial charge >= 0.3 is 0 Å². The van der Waals surface area contributed by atoms with Crippen LogP contribution in [-0.2, 0) is 4.79 Å². The summed E-state index contributed by atoms with van der Waals surface area (Å²) in [6, 6.07) is 23.8. The molecule has 0 spiro atoms. The highest BCUT2D eigenvalue weighted by Crippen LogP contribution is 2.47. The number of rotatable bonds is 10. The van der Waals surface area contributed by atoms with Crippen LogP contribution in [0.2, 0.25) is 0 Å². The van der Waals surface area contributed by atoms with Crippen LogP contribution in [0.15, 0.2) is 94.9 Å². The Morgan fingerprint density at radius 2 is 1.23 bits per heavy atom. The van der Waals surface area contributed by atoms with E-state index >= 15 is 0 Å². The van der Waals surface area contributed by atoms with E-state index in [1.54, 1.807) is 66.7 Å². The Hall–Kier alpha value is -7.33. The van der Waals surface area contributed by atoms with Crippen LogP contribution < -0.4 is 50.9 Å². The summed E-state index contributed by atoms with van der Waals surface area (Å²) in [5, 5.41) is 12.5. The van der Waals surface area contributed by atoms with Gasteiger partial charge in [-0.25, -0.2) is 9.98 Å². The van der Waals surface area contributed by atoms with Gasteiger partial charge in [0.25, 0.3) is 11.8 Å². The summed E-state index contributed by atoms with van der Waals surface area (Å²) in [5.74, 6) is 0.395. The number of terminal acetylenes is 1. The molecular weight excluding hydrogens is 676 g/mol. The maximum atomic E-state index is 13.1. The third kappa shape index (κ3) is 6.76. The van der Waals surface area contributed by atoms with E-state index in [4.69, 9.17) is 35.4 Å². The molecule has 2 aliphatic heterocycles. The van der Waals surface area contributed by atoms with Gasteiger partial charge in [0.2, 0.25) is 5.91 Å². The third-order valence-corrected chi connectivity index (χ3v) is 8.06. The Morgan fingerprint density at radius 1 is 0.717 bits per heavy atom. The van der Waals surface area contributed by atoms with Gasteiger partial charge in [0.1, 0.15) is 45.3 Å². The summed E-state index contributed by atoms with van der Waals surface area (Å²) in [7, 11) is 0. The minimum Gasteiger partial charge on any atom is -0.492 e. The number of hydrogen-bond acceptors (Lipinski definition) is 10. The zero-order valence-electron chi connectivity index (χ0n) is 28.8. The number of hydrogen-bond donors (Lipinski definition) is 4. The maximum Gasteiger partial charge on any atom is 0.255 e. The average molecular weight is 709 g/mol. The Kier molecular flexibility index (Phi) is 9.33. The van der Waals surface area contributed by atoms with Crippen molar-refractivity contribution < 1.29 is 33.3 Å². The second-order valence-corrected chi connectivity index (χ2v) is 11.7. The standard InChI is InChI=1S/C40H32N6O7/c1-5-41-33-34-38(53-32-21-26(29(50-6-2)18-27(32)43-34)46-40(49)24-16-12-9-13-17-24)35(42-22(4)47)36-37(33)52-31-20-25(30(51-7-3)19-28(31)44-36)45-39(48)23-14-10-8-11-15-23/h3,8-21,41H,5-6H2,1-2,4H3,(H,42,47)(H,45,48)(H,46,49). The van der Waals surface area contributed by atoms with E-state index in [9.17, 15) is 14.4 Å². The van der Waals surface area contributed by atoms with Crippen molar-refractivity contribution in [1.82, 2.24) is 0 Å². The highest BCUT2D eigenvalue weighted by molar-refractivity contribution is 6.06. The van der Waals surface area contributed by atoms with Crippen molar-refractivity contribution in [3.63, 3.8) is 0 Å². The fraction of sp³-hybridized carbons (Fsp3) is 0.125. The monoisotopic (exact) mass is 708 g/mol. The zero-order valence-corrected chi connectivity index (χ0v) is 28.8. The van der Waals surface area contributed by atoms with Crippen LogP contribution >= 0.6 is 0 Å². The van der Waals surface area contributed by atoms with E-state index < -0.39 is 5.91 Å². The molecule has 5 aromatic rings. The molecule has 0 unspecified atom stereocenters. The number of anilines is 4. The molecule has 0 atom stereocenters. The van der Waals surface area contributed by atoms with Gasteiger partial charge in [-0.2, -0.15) is 0 Å². The van der Waals surface area contributed by atoms with E-state index in [0.29, 0.717) is 63.9 Å². The first kappa shape index (κ1) is 34.1. The van der Waals surface area contributed by atoms with Crippen molar-refractivity contribution in [3.05, 3.63) is 107 Å². The lowest BCUT2D eigenvalue weighted by atomic mass is 10.1. The quantitative estimate of drug-likeness (QED) is 0.0868. The Bertz CT molecular complexity index is 2460. The van der Waals surface area contributed by atoms with Gasteiger partial charge < -0.3 is 40.2 Å². The van der Waals surface area contributed by atoms with Crippen LogP contribution in [0.4, 0.5) is 34.1 Å². The lowest BCUT2D eigenvalue weighted by molar-refractivity contribution is -0.114. The smallest absolute Gasteiger partial charge is 0.255 e. The van der Waals surface area contributed by atoms with E-state index in [-0.39, 0.29) is 51.5 Å². The molecule has 0 aromatic heterocycles. The topological polar surface area (TPSA) is 161 Å². The van der Waals surface area contributed by atoms with Crippen molar-refractivity contribution in [1.29, 1.82) is 0 Å². The van der Waals surface area contributed by atoms with Gasteiger partial charge in [-0.15, -0.1) is 0 Å². The fourth-order valence-electron chi connectivity index (χ4n) is 5.81. The molecule has 0 saturated heterocycles. The predicted molar refractivity (Wildman–Crippen MR) is 199 cm³/mol. The molecular formula is C40H32N6O7. The number of nitrogens with one attached hydrogen (secondary N) is 4. The summed E-state index contributed by atoms with van der Waals surface area (Å²) in [6.07, 6.45) is 7.65. The number of carbonyl (C=O) groups excluding carboxylic acids is 3. The lowest BCUT2D eigenvalue weighted by Gasteiger charge is -2.25. The number of fused-ring (bicyclic) bond motifs is 4. The number of carbonyl (C=O) groups is 3. The lowest BCUT2D eigenvalue weighted by Crippen LogP contribution is -2.28. The second-order valence-electron chi connectivity index (χ2n) is 11.7. The molecule has 0 radical (unpaired) electrons. The van der Waals surface area contributed by atoms with Gasteiger partial charge in [-0.3, -0.25) is 14.4 Å². The van der Waals surface area contributed by atoms with Gasteiger partial charge in [0, 0.05) is 48.9 Å². The first-order valence-corrected chi connectivity index (χ1v) is 16.7. The van der Waals surface area contributed by atoms with Gasteiger partial charge in [-0.1, -0.05) is 42.8 Å². The minimum atomic E-state index is -0.404. The molecule has 5 aromatic carbocycles. The maximum absolute atomic E-state index is 13.1. The molecule has 13 heteroatoms. The van der Waals surface area contributed by atoms with Crippen molar-refractivity contribution in [2.75, 3.05) is 34.4 Å². The molecule has 0 fully saturated rings. The molecule has 13 nitrogen and oxygen atoms in total. The largest absolute Gasteiger partial charge is 0.492 e. The Morgan fingerprint density at radius 3 is 1.74 bits per heavy atom. The minimum absolute atomic E-state index is 0.146. The van der Waals surface area contributed by atoms with Crippen molar-refractivity contribution in [2.24, 2.45) is 9.98 Å². The van der Waals surface area contributed by atoms with E-state index in [0.717, 1.165) is 0 Å². The fourth-order valence-corrected chi connectivity index (χ4v) is 5.81. The number of nitrogens with zero attached hydrogens (tertiary/aromatic N) is 2. The van der Waals surface area contributed by atoms with Crippen LogP contribution in [0.1, 0.15) is 41.5 Å². The van der Waals surface area contributed by atoms with Crippen LogP contribution in [0.3, 0.4) is 0 Å². The normalized spacial score (nSPS) is 11.5. The molecule has 2 aliphatic rings. The number of benzene rings is 5. The molecule has 53 heavy (non-hydrogen) atoms. The molecule has 2 heterocycles. The summed E-state index contributed by atoms with van der Waals surface area (Å²) in [6.45, 7) is 5.87. The highest BCUT2D eigenvalue weighted by Gasteiger charge is 2.31.